The van der Waals surface area contributed by atoms with Crippen molar-refractivity contribution in [2.75, 3.05) is 6.61 Å². The molecule has 0 aliphatic carbocycles. The van der Waals surface area contributed by atoms with Crippen LogP contribution in [0.1, 0.15) is 34.6 Å². The van der Waals surface area contributed by atoms with Crippen molar-refractivity contribution in [1.29, 1.82) is 0 Å². The van der Waals surface area contributed by atoms with Crippen LogP contribution in [-0.4, -0.2) is 6.61 Å². The Labute approximate surface area is 140 Å². The number of rotatable bonds is 4. The first-order valence-electron chi connectivity index (χ1n) is 6.77. The maximum absolute atomic E-state index is 6.63. The highest BCUT2D eigenvalue weighted by Gasteiger charge is 2.19. The Morgan fingerprint density at radius 1 is 1.00 bits per heavy atom. The molecule has 1 nitrogen and oxygen atoms in total. The number of aryl methyl sites for hydroxylation is 2. The van der Waals surface area contributed by atoms with Crippen molar-refractivity contribution in [3.05, 3.63) is 62.6 Å². The Morgan fingerprint density at radius 3 is 2.38 bits per heavy atom. The van der Waals surface area contributed by atoms with E-state index < -0.39 is 0 Å². The van der Waals surface area contributed by atoms with Gasteiger partial charge in [-0.25, -0.2) is 0 Å². The molecular formula is C17H17Cl3O. The van der Waals surface area contributed by atoms with E-state index in [4.69, 9.17) is 39.5 Å². The van der Waals surface area contributed by atoms with Crippen molar-refractivity contribution in [3.8, 4) is 5.75 Å². The molecule has 0 N–H and O–H groups in total. The Hall–Kier alpha value is -0.890. The Bertz CT molecular complexity index is 653. The normalized spacial score (nSPS) is 12.3. The average molecular weight is 344 g/mol. The Balaban J connectivity index is 2.46. The van der Waals surface area contributed by atoms with Gasteiger partial charge in [-0.1, -0.05) is 47.0 Å². The van der Waals surface area contributed by atoms with Crippen molar-refractivity contribution in [1.82, 2.24) is 0 Å². The Kier molecular flexibility index (Phi) is 5.43. The number of ether oxygens (including phenoxy) is 1. The van der Waals surface area contributed by atoms with Crippen LogP contribution in [0.5, 0.6) is 5.75 Å². The molecule has 2 rings (SSSR count). The maximum atomic E-state index is 6.63. The summed E-state index contributed by atoms with van der Waals surface area (Å²) in [5.74, 6) is 0.581. The minimum Gasteiger partial charge on any atom is -0.492 e. The van der Waals surface area contributed by atoms with Crippen molar-refractivity contribution < 1.29 is 4.74 Å². The van der Waals surface area contributed by atoms with Gasteiger partial charge in [-0.05, 0) is 43.5 Å². The summed E-state index contributed by atoms with van der Waals surface area (Å²) in [6.45, 7) is 6.52. The van der Waals surface area contributed by atoms with Crippen LogP contribution in [0.3, 0.4) is 0 Å². The van der Waals surface area contributed by atoms with E-state index in [0.717, 1.165) is 22.3 Å². The topological polar surface area (TPSA) is 9.23 Å². The first-order valence-corrected chi connectivity index (χ1v) is 7.96. The zero-order valence-corrected chi connectivity index (χ0v) is 14.5. The minimum atomic E-state index is -0.342. The molecule has 2 aromatic rings. The molecule has 0 aliphatic heterocycles. The van der Waals surface area contributed by atoms with Gasteiger partial charge in [-0.3, -0.25) is 0 Å². The average Bonchev–Trinajstić information content (AvgIpc) is 2.44. The van der Waals surface area contributed by atoms with Gasteiger partial charge in [0.1, 0.15) is 5.75 Å². The first-order chi connectivity index (χ1) is 9.93. The van der Waals surface area contributed by atoms with Crippen LogP contribution < -0.4 is 4.74 Å². The summed E-state index contributed by atoms with van der Waals surface area (Å²) in [5.41, 5.74) is 4.12. The summed E-state index contributed by atoms with van der Waals surface area (Å²) >= 11 is 19.2. The molecule has 112 valence electrons. The van der Waals surface area contributed by atoms with Crippen LogP contribution in [0.25, 0.3) is 0 Å². The third-order valence-electron chi connectivity index (χ3n) is 3.33. The largest absolute Gasteiger partial charge is 0.492 e. The fourth-order valence-electron chi connectivity index (χ4n) is 2.20. The molecule has 0 spiro atoms. The highest BCUT2D eigenvalue weighted by molar-refractivity contribution is 6.36. The van der Waals surface area contributed by atoms with E-state index in [2.05, 4.69) is 18.2 Å². The predicted molar refractivity (Wildman–Crippen MR) is 91.2 cm³/mol. The lowest BCUT2D eigenvalue weighted by Crippen LogP contribution is -2.00. The van der Waals surface area contributed by atoms with Gasteiger partial charge in [0.05, 0.1) is 17.0 Å². The maximum Gasteiger partial charge on any atom is 0.139 e. The molecule has 0 heterocycles. The Morgan fingerprint density at radius 2 is 1.71 bits per heavy atom. The summed E-state index contributed by atoms with van der Waals surface area (Å²) in [5, 5.41) is 0.738. The summed E-state index contributed by atoms with van der Waals surface area (Å²) in [4.78, 5) is 0. The molecular weight excluding hydrogens is 327 g/mol. The lowest BCUT2D eigenvalue weighted by atomic mass is 9.98. The monoisotopic (exact) mass is 342 g/mol. The second-order valence-corrected chi connectivity index (χ2v) is 6.21. The zero-order chi connectivity index (χ0) is 15.6. The van der Waals surface area contributed by atoms with Crippen LogP contribution >= 0.6 is 34.8 Å². The lowest BCUT2D eigenvalue weighted by Gasteiger charge is -2.17. The van der Waals surface area contributed by atoms with E-state index in [0.29, 0.717) is 22.4 Å². The smallest absolute Gasteiger partial charge is 0.139 e. The van der Waals surface area contributed by atoms with Gasteiger partial charge in [0, 0.05) is 11.1 Å². The second-order valence-electron chi connectivity index (χ2n) is 4.96. The molecule has 4 heteroatoms. The van der Waals surface area contributed by atoms with E-state index in [-0.39, 0.29) is 5.38 Å². The molecule has 0 bridgehead atoms. The molecule has 0 fully saturated rings. The number of alkyl halides is 1. The highest BCUT2D eigenvalue weighted by atomic mass is 35.5. The standard InChI is InChI=1S/C17H17Cl3O/c1-4-21-16-9-14(18)13(8-15(16)19)17(20)12-7-10(2)5-6-11(12)3/h5-9,17H,4H2,1-3H3. The lowest BCUT2D eigenvalue weighted by molar-refractivity contribution is 0.340. The van der Waals surface area contributed by atoms with E-state index in [1.807, 2.05) is 20.8 Å². The molecule has 0 saturated carbocycles. The first kappa shape index (κ1) is 16.5. The minimum absolute atomic E-state index is 0.342. The summed E-state index contributed by atoms with van der Waals surface area (Å²) in [6, 6.07) is 9.71. The number of halogens is 3. The molecule has 1 unspecified atom stereocenters. The van der Waals surface area contributed by atoms with Crippen molar-refractivity contribution >= 4 is 34.8 Å². The quantitative estimate of drug-likeness (QED) is 0.589. The number of hydrogen-bond acceptors (Lipinski definition) is 1. The van der Waals surface area contributed by atoms with Crippen molar-refractivity contribution in [3.63, 3.8) is 0 Å². The fraction of sp³-hybridized carbons (Fsp3) is 0.294. The molecule has 0 aliphatic rings. The third kappa shape index (κ3) is 3.66. The van der Waals surface area contributed by atoms with Crippen LogP contribution in [0.2, 0.25) is 10.0 Å². The molecule has 0 aromatic heterocycles. The summed E-state index contributed by atoms with van der Waals surface area (Å²) < 4.78 is 5.44. The van der Waals surface area contributed by atoms with Gasteiger partial charge >= 0.3 is 0 Å². The van der Waals surface area contributed by atoms with Crippen molar-refractivity contribution in [2.24, 2.45) is 0 Å². The number of hydrogen-bond donors (Lipinski definition) is 0. The van der Waals surface area contributed by atoms with Gasteiger partial charge in [-0.15, -0.1) is 11.6 Å². The van der Waals surface area contributed by atoms with E-state index in [1.165, 1.54) is 0 Å². The fourth-order valence-corrected chi connectivity index (χ4v) is 3.17. The van der Waals surface area contributed by atoms with Gasteiger partial charge in [-0.2, -0.15) is 0 Å². The molecule has 0 radical (unpaired) electrons. The van der Waals surface area contributed by atoms with Crippen molar-refractivity contribution in [2.45, 2.75) is 26.1 Å². The molecule has 21 heavy (non-hydrogen) atoms. The van der Waals surface area contributed by atoms with Gasteiger partial charge in [0.2, 0.25) is 0 Å². The summed E-state index contributed by atoms with van der Waals surface area (Å²) in [7, 11) is 0. The van der Waals surface area contributed by atoms with Crippen LogP contribution in [0, 0.1) is 13.8 Å². The molecule has 0 amide bonds. The molecule has 0 saturated heterocycles. The van der Waals surface area contributed by atoms with Gasteiger partial charge < -0.3 is 4.74 Å². The predicted octanol–water partition coefficient (Wildman–Crippen LogP) is 6.34. The van der Waals surface area contributed by atoms with Gasteiger partial charge in [0.15, 0.2) is 0 Å². The van der Waals surface area contributed by atoms with Crippen LogP contribution in [0.15, 0.2) is 30.3 Å². The summed E-state index contributed by atoms with van der Waals surface area (Å²) in [6.07, 6.45) is 0. The van der Waals surface area contributed by atoms with E-state index >= 15 is 0 Å². The molecule has 2 aromatic carbocycles. The third-order valence-corrected chi connectivity index (χ3v) is 4.42. The zero-order valence-electron chi connectivity index (χ0n) is 12.2. The SMILES string of the molecule is CCOc1cc(Cl)c(C(Cl)c2cc(C)ccc2C)cc1Cl. The number of benzene rings is 2. The second kappa shape index (κ2) is 6.91. The highest BCUT2D eigenvalue weighted by Crippen LogP contribution is 2.40. The van der Waals surface area contributed by atoms with E-state index in [1.54, 1.807) is 12.1 Å². The van der Waals surface area contributed by atoms with Crippen LogP contribution in [-0.2, 0) is 0 Å². The molecule has 1 atom stereocenters. The van der Waals surface area contributed by atoms with Gasteiger partial charge in [0.25, 0.3) is 0 Å². The van der Waals surface area contributed by atoms with Crippen LogP contribution in [0.4, 0.5) is 0 Å². The van der Waals surface area contributed by atoms with E-state index in [9.17, 15) is 0 Å².